The number of benzene rings is 1. The second kappa shape index (κ2) is 10.7. The minimum atomic E-state index is -0.536. The van der Waals surface area contributed by atoms with Gasteiger partial charge in [-0.05, 0) is 44.5 Å². The van der Waals surface area contributed by atoms with Crippen LogP contribution in [0, 0.1) is 13.8 Å². The van der Waals surface area contributed by atoms with Crippen LogP contribution in [0.3, 0.4) is 0 Å². The first-order valence-corrected chi connectivity index (χ1v) is 13.8. The Morgan fingerprint density at radius 3 is 2.46 bits per heavy atom. The van der Waals surface area contributed by atoms with E-state index in [-0.39, 0.29) is 5.91 Å². The number of likely N-dealkylation sites (N-methyl/N-ethyl adjacent to an activating group) is 1. The number of aromatic nitrogens is 2. The Morgan fingerprint density at radius 1 is 1.05 bits per heavy atom. The van der Waals surface area contributed by atoms with Crippen molar-refractivity contribution in [1.29, 1.82) is 0 Å². The van der Waals surface area contributed by atoms with Crippen LogP contribution in [0.2, 0.25) is 5.02 Å². The van der Waals surface area contributed by atoms with Crippen LogP contribution in [0.4, 0.5) is 10.5 Å². The molecule has 4 heterocycles. The highest BCUT2D eigenvalue weighted by Crippen LogP contribution is 2.28. The van der Waals surface area contributed by atoms with E-state index in [4.69, 9.17) is 16.6 Å². The first kappa shape index (κ1) is 25.6. The zero-order valence-corrected chi connectivity index (χ0v) is 22.8. The van der Waals surface area contributed by atoms with Gasteiger partial charge in [-0.3, -0.25) is 10.1 Å². The molecule has 1 aromatic carbocycles. The molecule has 37 heavy (non-hydrogen) atoms. The molecule has 2 fully saturated rings. The molecular formula is C25H31ClN8O2S. The number of urea groups is 1. The Balaban J connectivity index is 1.28. The number of anilines is 1. The summed E-state index contributed by atoms with van der Waals surface area (Å²) in [5.74, 6) is 1.29. The number of hydrogen-bond donors (Lipinski definition) is 1. The van der Waals surface area contributed by atoms with E-state index < -0.39 is 18.2 Å². The van der Waals surface area contributed by atoms with Gasteiger partial charge < -0.3 is 19.6 Å². The second-order valence-electron chi connectivity index (χ2n) is 9.48. The third-order valence-electron chi connectivity index (χ3n) is 6.81. The van der Waals surface area contributed by atoms with Gasteiger partial charge in [0.25, 0.3) is 5.91 Å². The molecule has 3 aliphatic heterocycles. The highest BCUT2D eigenvalue weighted by Gasteiger charge is 2.49. The zero-order valence-electron chi connectivity index (χ0n) is 21.2. The number of carbonyl (C=O) groups is 2. The van der Waals surface area contributed by atoms with E-state index in [0.29, 0.717) is 6.54 Å². The highest BCUT2D eigenvalue weighted by molar-refractivity contribution is 7.99. The fourth-order valence-corrected chi connectivity index (χ4v) is 6.07. The molecule has 2 atom stereocenters. The van der Waals surface area contributed by atoms with Gasteiger partial charge in [-0.1, -0.05) is 29.4 Å². The number of amides is 3. The van der Waals surface area contributed by atoms with Gasteiger partial charge >= 0.3 is 6.03 Å². The van der Waals surface area contributed by atoms with Gasteiger partial charge in [0.2, 0.25) is 0 Å². The molecule has 0 radical (unpaired) electrons. The number of imide groups is 1. The maximum atomic E-state index is 12.9. The molecule has 196 valence electrons. The summed E-state index contributed by atoms with van der Waals surface area (Å²) in [5, 5.41) is 3.97. The summed E-state index contributed by atoms with van der Waals surface area (Å²) in [6, 6.07) is 8.90. The van der Waals surface area contributed by atoms with Crippen molar-refractivity contribution in [2.24, 2.45) is 4.99 Å². The van der Waals surface area contributed by atoms with E-state index in [9.17, 15) is 9.59 Å². The number of halogens is 1. The Labute approximate surface area is 226 Å². The summed E-state index contributed by atoms with van der Waals surface area (Å²) in [7, 11) is 1.69. The molecule has 10 nitrogen and oxygen atoms in total. The van der Waals surface area contributed by atoms with Crippen molar-refractivity contribution < 1.29 is 9.59 Å². The zero-order chi connectivity index (χ0) is 26.1. The van der Waals surface area contributed by atoms with Gasteiger partial charge in [0, 0.05) is 67.6 Å². The predicted molar refractivity (Wildman–Crippen MR) is 145 cm³/mol. The van der Waals surface area contributed by atoms with Crippen LogP contribution in [0.15, 0.2) is 40.5 Å². The Kier molecular flexibility index (Phi) is 7.43. The third kappa shape index (κ3) is 5.47. The highest BCUT2D eigenvalue weighted by atomic mass is 35.5. The molecule has 0 bridgehead atoms. The van der Waals surface area contributed by atoms with Crippen molar-refractivity contribution in [3.8, 4) is 0 Å². The van der Waals surface area contributed by atoms with Crippen LogP contribution >= 0.6 is 23.4 Å². The topological polar surface area (TPSA) is 97.3 Å². The number of nitrogens with zero attached hydrogens (tertiary/aromatic N) is 7. The van der Waals surface area contributed by atoms with Crippen LogP contribution in [0.25, 0.3) is 0 Å². The number of guanidine groups is 1. The van der Waals surface area contributed by atoms with Crippen molar-refractivity contribution >= 4 is 46.9 Å². The first-order valence-electron chi connectivity index (χ1n) is 12.4. The minimum Gasteiger partial charge on any atom is -0.368 e. The molecule has 1 N–H and O–H groups in total. The number of rotatable bonds is 6. The smallest absolute Gasteiger partial charge is 0.325 e. The van der Waals surface area contributed by atoms with Crippen molar-refractivity contribution in [3.05, 3.63) is 46.7 Å². The number of aliphatic imine (C=N–C) groups is 1. The monoisotopic (exact) mass is 542 g/mol. The van der Waals surface area contributed by atoms with Gasteiger partial charge in [-0.25, -0.2) is 19.8 Å². The van der Waals surface area contributed by atoms with Crippen molar-refractivity contribution in [2.45, 2.75) is 37.6 Å². The predicted octanol–water partition coefficient (Wildman–Crippen LogP) is 2.60. The van der Waals surface area contributed by atoms with Gasteiger partial charge in [0.15, 0.2) is 23.3 Å². The maximum absolute atomic E-state index is 12.9. The molecule has 0 spiro atoms. The van der Waals surface area contributed by atoms with Crippen LogP contribution in [-0.4, -0.2) is 100 Å². The maximum Gasteiger partial charge on any atom is 0.325 e. The Bertz CT molecular complexity index is 1200. The van der Waals surface area contributed by atoms with Crippen LogP contribution < -0.4 is 10.2 Å². The number of thioether (sulfide) groups is 1. The van der Waals surface area contributed by atoms with Crippen molar-refractivity contribution in [2.75, 3.05) is 50.4 Å². The third-order valence-corrected chi connectivity index (χ3v) is 7.98. The number of carbonyl (C=O) groups excluding carboxylic acids is 2. The molecule has 3 aliphatic rings. The number of nitrogens with one attached hydrogen (secondary N) is 1. The normalized spacial score (nSPS) is 21.8. The quantitative estimate of drug-likeness (QED) is 0.338. The number of fused-ring (bicyclic) bond motifs is 1. The van der Waals surface area contributed by atoms with Crippen molar-refractivity contribution in [3.63, 3.8) is 0 Å². The SMILES string of the molecule is Cc1cc(C)nc(SCCCN2C(N3CCN(c4cccc(Cl)c4)CC3)=NC3C2C(=O)NC(=O)N3C)n1. The average molecular weight is 543 g/mol. The lowest BCUT2D eigenvalue weighted by atomic mass is 10.1. The van der Waals surface area contributed by atoms with Crippen LogP contribution in [0.1, 0.15) is 17.8 Å². The minimum absolute atomic E-state index is 0.297. The lowest BCUT2D eigenvalue weighted by molar-refractivity contribution is -0.127. The molecule has 3 amide bonds. The van der Waals surface area contributed by atoms with E-state index in [2.05, 4.69) is 36.1 Å². The van der Waals surface area contributed by atoms with Gasteiger partial charge in [0.1, 0.15) is 0 Å². The molecule has 1 aromatic heterocycles. The summed E-state index contributed by atoms with van der Waals surface area (Å²) in [4.78, 5) is 47.3. The molecule has 12 heteroatoms. The van der Waals surface area contributed by atoms with Crippen molar-refractivity contribution in [1.82, 2.24) is 30.0 Å². The number of hydrogen-bond acceptors (Lipinski definition) is 9. The van der Waals surface area contributed by atoms with Crippen LogP contribution in [-0.2, 0) is 4.79 Å². The van der Waals surface area contributed by atoms with Gasteiger partial charge in [-0.2, -0.15) is 0 Å². The summed E-state index contributed by atoms with van der Waals surface area (Å²) in [5.41, 5.74) is 3.01. The lowest BCUT2D eigenvalue weighted by Gasteiger charge is -2.41. The van der Waals surface area contributed by atoms with E-state index in [1.165, 1.54) is 4.90 Å². The fourth-order valence-electron chi connectivity index (χ4n) is 5.01. The largest absolute Gasteiger partial charge is 0.368 e. The van der Waals surface area contributed by atoms with E-state index in [0.717, 1.165) is 71.6 Å². The summed E-state index contributed by atoms with van der Waals surface area (Å²) in [6.07, 6.45) is 0.286. The van der Waals surface area contributed by atoms with E-state index >= 15 is 0 Å². The Hall–Kier alpha value is -3.05. The van der Waals surface area contributed by atoms with E-state index in [1.807, 2.05) is 38.1 Å². The van der Waals surface area contributed by atoms with Gasteiger partial charge in [0.05, 0.1) is 0 Å². The summed E-state index contributed by atoms with van der Waals surface area (Å²) < 4.78 is 0. The Morgan fingerprint density at radius 2 is 1.76 bits per heavy atom. The molecule has 0 aliphatic carbocycles. The fraction of sp³-hybridized carbons (Fsp3) is 0.480. The number of piperazine rings is 1. The van der Waals surface area contributed by atoms with Crippen LogP contribution in [0.5, 0.6) is 0 Å². The number of aryl methyl sites for hydroxylation is 2. The second-order valence-corrected chi connectivity index (χ2v) is 11.0. The van der Waals surface area contributed by atoms with Gasteiger partial charge in [-0.15, -0.1) is 0 Å². The molecule has 0 saturated carbocycles. The first-order chi connectivity index (χ1) is 17.8. The molecule has 2 unspecified atom stereocenters. The van der Waals surface area contributed by atoms with E-state index in [1.54, 1.807) is 18.8 Å². The molecule has 5 rings (SSSR count). The molecule has 2 aromatic rings. The average Bonchev–Trinajstić information content (AvgIpc) is 3.25. The molecule has 2 saturated heterocycles. The summed E-state index contributed by atoms with van der Waals surface area (Å²) >= 11 is 7.81. The lowest BCUT2D eigenvalue weighted by Crippen LogP contribution is -2.64. The standard InChI is InChI=1S/C25H31ClN8O2S/c1-16-14-17(2)28-23(27-16)37-13-5-8-34-20-21(31(3)25(36)30-22(20)35)29-24(34)33-11-9-32(10-12-33)19-7-4-6-18(26)15-19/h4,6-7,14-15,20-21H,5,8-13H2,1-3H3,(H,30,35,36). The summed E-state index contributed by atoms with van der Waals surface area (Å²) in [6.45, 7) is 7.71. The molecular weight excluding hydrogens is 512 g/mol.